The summed E-state index contributed by atoms with van der Waals surface area (Å²) in [7, 11) is 0. The van der Waals surface area contributed by atoms with E-state index in [0.717, 1.165) is 38.5 Å². The van der Waals surface area contributed by atoms with Gasteiger partial charge in [-0.2, -0.15) is 0 Å². The molecule has 0 heterocycles. The van der Waals surface area contributed by atoms with Gasteiger partial charge in [0.2, 0.25) is 0 Å². The fourth-order valence-corrected chi connectivity index (χ4v) is 8.61. The van der Waals surface area contributed by atoms with Gasteiger partial charge in [-0.3, -0.25) is 9.59 Å². The molecule has 0 aromatic rings. The van der Waals surface area contributed by atoms with Crippen LogP contribution in [-0.4, -0.2) is 36.4 Å². The molecule has 0 rings (SSSR count). The number of hydrogen-bond acceptors (Lipinski definition) is 5. The van der Waals surface area contributed by atoms with Crippen LogP contribution in [-0.2, 0) is 19.1 Å². The number of carbonyl (C=O) groups excluding carboxylic acids is 2. The van der Waals surface area contributed by atoms with Crippen LogP contribution < -0.4 is 0 Å². The van der Waals surface area contributed by atoms with Crippen LogP contribution in [0.5, 0.6) is 0 Å². The normalized spacial score (nSPS) is 12.1. The van der Waals surface area contributed by atoms with Gasteiger partial charge in [-0.25, -0.2) is 0 Å². The van der Waals surface area contributed by atoms with E-state index in [2.05, 4.69) is 26.0 Å². The van der Waals surface area contributed by atoms with Crippen LogP contribution in [0.2, 0.25) is 0 Å². The van der Waals surface area contributed by atoms with E-state index < -0.39 is 6.10 Å². The second kappa shape index (κ2) is 53.0. The van der Waals surface area contributed by atoms with Gasteiger partial charge in [0.15, 0.2) is 6.10 Å². The van der Waals surface area contributed by atoms with Crippen molar-refractivity contribution in [2.45, 2.75) is 322 Å². The Morgan fingerprint density at radius 3 is 0.885 bits per heavy atom. The molecule has 0 aliphatic carbocycles. The lowest BCUT2D eigenvalue weighted by Gasteiger charge is -2.15. The van der Waals surface area contributed by atoms with Crippen molar-refractivity contribution in [1.29, 1.82) is 0 Å². The first-order valence-corrected chi connectivity index (χ1v) is 27.7. The molecule has 1 N–H and O–H groups in total. The highest BCUT2D eigenvalue weighted by Crippen LogP contribution is 2.18. The van der Waals surface area contributed by atoms with E-state index in [1.807, 2.05) is 0 Å². The first kappa shape index (κ1) is 59.6. The molecule has 362 valence electrons. The summed E-state index contributed by atoms with van der Waals surface area (Å²) >= 11 is 0. The Balaban J connectivity index is 3.37. The Bertz CT molecular complexity index is 886. The summed E-state index contributed by atoms with van der Waals surface area (Å²) in [6.45, 7) is 4.17. The summed E-state index contributed by atoms with van der Waals surface area (Å²) in [4.78, 5) is 24.4. The van der Waals surface area contributed by atoms with E-state index in [-0.39, 0.29) is 25.2 Å². The Labute approximate surface area is 381 Å². The van der Waals surface area contributed by atoms with Crippen molar-refractivity contribution in [3.8, 4) is 0 Å². The lowest BCUT2D eigenvalue weighted by molar-refractivity contribution is -0.161. The molecule has 0 amide bonds. The van der Waals surface area contributed by atoms with E-state index in [0.29, 0.717) is 12.8 Å². The number of unbranched alkanes of at least 4 members (excludes halogenated alkanes) is 42. The highest BCUT2D eigenvalue weighted by molar-refractivity contribution is 5.70. The zero-order chi connectivity index (χ0) is 44.2. The third kappa shape index (κ3) is 51.2. The Hall–Kier alpha value is -1.36. The molecule has 0 aromatic carbocycles. The lowest BCUT2D eigenvalue weighted by atomic mass is 10.0. The molecule has 0 aliphatic rings. The summed E-state index contributed by atoms with van der Waals surface area (Å²) in [6.07, 6.45) is 64.9. The Morgan fingerprint density at radius 2 is 0.607 bits per heavy atom. The highest BCUT2D eigenvalue weighted by Gasteiger charge is 2.16. The number of aliphatic hydroxyl groups excluding tert-OH is 1. The zero-order valence-corrected chi connectivity index (χ0v) is 41.5. The van der Waals surface area contributed by atoms with Crippen molar-refractivity contribution in [1.82, 2.24) is 0 Å². The SMILES string of the molecule is CCCCCCCC/C=C\CCCCCCCC(=O)OC(CO)COC(=O)CCCCCCCCCCCCCCCCCCCCCCCCCCCCCCCCCC. The van der Waals surface area contributed by atoms with Crippen LogP contribution in [0.3, 0.4) is 0 Å². The fourth-order valence-electron chi connectivity index (χ4n) is 8.61. The number of aliphatic hydroxyl groups is 1. The number of allylic oxidation sites excluding steroid dienone is 2. The average molecular weight is 861 g/mol. The minimum absolute atomic E-state index is 0.0624. The number of ether oxygens (including phenoxy) is 2. The number of rotatable bonds is 52. The van der Waals surface area contributed by atoms with Gasteiger partial charge in [0.25, 0.3) is 0 Å². The molecular formula is C56H108O5. The molecule has 0 bridgehead atoms. The molecule has 1 atom stereocenters. The van der Waals surface area contributed by atoms with E-state index >= 15 is 0 Å². The molecule has 61 heavy (non-hydrogen) atoms. The van der Waals surface area contributed by atoms with Crippen molar-refractivity contribution < 1.29 is 24.2 Å². The van der Waals surface area contributed by atoms with Crippen molar-refractivity contribution in [3.05, 3.63) is 12.2 Å². The van der Waals surface area contributed by atoms with Gasteiger partial charge in [0.1, 0.15) is 6.61 Å². The van der Waals surface area contributed by atoms with Crippen LogP contribution in [0.15, 0.2) is 12.2 Å². The van der Waals surface area contributed by atoms with Gasteiger partial charge in [0.05, 0.1) is 6.61 Å². The molecule has 0 spiro atoms. The summed E-state index contributed by atoms with van der Waals surface area (Å²) < 4.78 is 10.7. The number of hydrogen-bond donors (Lipinski definition) is 1. The zero-order valence-electron chi connectivity index (χ0n) is 41.5. The van der Waals surface area contributed by atoms with Gasteiger partial charge in [-0.05, 0) is 38.5 Å². The highest BCUT2D eigenvalue weighted by atomic mass is 16.6. The molecule has 0 aromatic heterocycles. The summed E-state index contributed by atoms with van der Waals surface area (Å²) in [5, 5.41) is 9.62. The first-order valence-electron chi connectivity index (χ1n) is 27.7. The van der Waals surface area contributed by atoms with E-state index in [4.69, 9.17) is 9.47 Å². The lowest BCUT2D eigenvalue weighted by Crippen LogP contribution is -2.28. The summed E-state index contributed by atoms with van der Waals surface area (Å²) in [6, 6.07) is 0. The minimum atomic E-state index is -0.771. The van der Waals surface area contributed by atoms with Gasteiger partial charge in [0, 0.05) is 12.8 Å². The maximum Gasteiger partial charge on any atom is 0.306 e. The number of esters is 2. The molecule has 0 saturated heterocycles. The van der Waals surface area contributed by atoms with Gasteiger partial charge < -0.3 is 14.6 Å². The maximum absolute atomic E-state index is 12.2. The van der Waals surface area contributed by atoms with Crippen LogP contribution >= 0.6 is 0 Å². The largest absolute Gasteiger partial charge is 0.462 e. The monoisotopic (exact) mass is 861 g/mol. The second-order valence-corrected chi connectivity index (χ2v) is 19.0. The minimum Gasteiger partial charge on any atom is -0.462 e. The molecule has 0 fully saturated rings. The van der Waals surface area contributed by atoms with Crippen LogP contribution in [0.4, 0.5) is 0 Å². The Kier molecular flexibility index (Phi) is 51.8. The van der Waals surface area contributed by atoms with Crippen LogP contribution in [0.25, 0.3) is 0 Å². The topological polar surface area (TPSA) is 72.8 Å². The molecule has 5 nitrogen and oxygen atoms in total. The second-order valence-electron chi connectivity index (χ2n) is 19.0. The fraction of sp³-hybridized carbons (Fsp3) is 0.929. The standard InChI is InChI=1S/C56H108O5/c1-3-5-7-9-11-13-15-17-19-20-21-22-23-24-25-26-27-28-29-30-31-32-33-34-35-37-38-40-42-44-46-48-50-55(58)60-53-54(52-57)61-56(59)51-49-47-45-43-41-39-36-18-16-14-12-10-8-6-4-2/h18,36,54,57H,3-17,19-35,37-53H2,1-2H3/b36-18-. The van der Waals surface area contributed by atoms with E-state index in [1.165, 1.54) is 250 Å². The maximum atomic E-state index is 12.2. The van der Waals surface area contributed by atoms with Crippen molar-refractivity contribution in [2.24, 2.45) is 0 Å². The van der Waals surface area contributed by atoms with Gasteiger partial charge in [-0.15, -0.1) is 0 Å². The van der Waals surface area contributed by atoms with E-state index in [1.54, 1.807) is 0 Å². The molecule has 0 aliphatic heterocycles. The smallest absolute Gasteiger partial charge is 0.306 e. The first-order chi connectivity index (χ1) is 30.1. The average Bonchev–Trinajstić information content (AvgIpc) is 3.26. The molecule has 0 saturated carbocycles. The third-order valence-corrected chi connectivity index (χ3v) is 12.8. The summed E-state index contributed by atoms with van der Waals surface area (Å²) in [5.41, 5.74) is 0. The van der Waals surface area contributed by atoms with Gasteiger partial charge in [-0.1, -0.05) is 276 Å². The molecule has 1 unspecified atom stereocenters. The van der Waals surface area contributed by atoms with Crippen LogP contribution in [0.1, 0.15) is 316 Å². The predicted octanol–water partition coefficient (Wildman–Crippen LogP) is 18.4. The Morgan fingerprint density at radius 1 is 0.361 bits per heavy atom. The number of carbonyl (C=O) groups is 2. The molecular weight excluding hydrogens is 753 g/mol. The molecule has 5 heteroatoms. The predicted molar refractivity (Wildman–Crippen MR) is 265 cm³/mol. The van der Waals surface area contributed by atoms with Crippen molar-refractivity contribution in [2.75, 3.05) is 13.2 Å². The third-order valence-electron chi connectivity index (χ3n) is 12.8. The van der Waals surface area contributed by atoms with E-state index in [9.17, 15) is 14.7 Å². The quantitative estimate of drug-likeness (QED) is 0.0375. The van der Waals surface area contributed by atoms with Crippen LogP contribution in [0, 0.1) is 0 Å². The molecule has 0 radical (unpaired) electrons. The summed E-state index contributed by atoms with van der Waals surface area (Å²) in [5.74, 6) is -0.582. The van der Waals surface area contributed by atoms with Crippen molar-refractivity contribution >= 4 is 11.9 Å². The van der Waals surface area contributed by atoms with Gasteiger partial charge >= 0.3 is 11.9 Å². The van der Waals surface area contributed by atoms with Crippen molar-refractivity contribution in [3.63, 3.8) is 0 Å².